The number of aromatic nitrogens is 1. The van der Waals surface area contributed by atoms with E-state index in [1.165, 1.54) is 11.3 Å². The molecular weight excluding hydrogens is 304 g/mol. The maximum atomic E-state index is 11.2. The van der Waals surface area contributed by atoms with Gasteiger partial charge >= 0.3 is 0 Å². The zero-order valence-corrected chi connectivity index (χ0v) is 13.3. The summed E-state index contributed by atoms with van der Waals surface area (Å²) in [6, 6.07) is 0. The second-order valence-corrected chi connectivity index (χ2v) is 6.74. The van der Waals surface area contributed by atoms with Gasteiger partial charge in [-0.05, 0) is 5.92 Å². The van der Waals surface area contributed by atoms with E-state index in [9.17, 15) is 9.90 Å². The topological polar surface area (TPSA) is 91.9 Å². The van der Waals surface area contributed by atoms with E-state index in [4.69, 9.17) is 10.5 Å². The number of amides is 1. The van der Waals surface area contributed by atoms with Gasteiger partial charge in [-0.25, -0.2) is 4.98 Å². The van der Waals surface area contributed by atoms with Gasteiger partial charge in [0.1, 0.15) is 5.69 Å². The number of primary amides is 1. The first-order chi connectivity index (χ1) is 10.7. The lowest BCUT2D eigenvalue weighted by Gasteiger charge is -2.30. The van der Waals surface area contributed by atoms with Crippen LogP contribution in [0.5, 0.6) is 0 Å². The number of nitrogens with zero attached hydrogens (tertiary/aromatic N) is 3. The summed E-state index contributed by atoms with van der Waals surface area (Å²) in [5.74, 6) is 0.151. The fraction of sp³-hybridized carbons (Fsp3) is 0.714. The number of rotatable bonds is 5. The van der Waals surface area contributed by atoms with Crippen LogP contribution in [0.15, 0.2) is 5.38 Å². The van der Waals surface area contributed by atoms with E-state index in [0.717, 1.165) is 51.1 Å². The number of carbonyl (C=O) groups is 1. The lowest BCUT2D eigenvalue weighted by atomic mass is 9.96. The molecule has 2 aliphatic heterocycles. The van der Waals surface area contributed by atoms with Gasteiger partial charge in [-0.1, -0.05) is 0 Å². The van der Waals surface area contributed by atoms with Crippen LogP contribution in [-0.2, 0) is 4.74 Å². The van der Waals surface area contributed by atoms with E-state index >= 15 is 0 Å². The van der Waals surface area contributed by atoms with Crippen molar-refractivity contribution in [3.8, 4) is 0 Å². The number of hydrogen-bond donors (Lipinski definition) is 2. The second-order valence-electron chi connectivity index (χ2n) is 5.90. The molecule has 122 valence electrons. The van der Waals surface area contributed by atoms with E-state index in [1.807, 2.05) is 0 Å². The third-order valence-electron chi connectivity index (χ3n) is 4.42. The number of thiazole rings is 1. The van der Waals surface area contributed by atoms with Gasteiger partial charge < -0.3 is 20.5 Å². The number of anilines is 1. The normalized spacial score (nSPS) is 26.5. The van der Waals surface area contributed by atoms with Crippen LogP contribution in [-0.4, -0.2) is 73.4 Å². The zero-order valence-electron chi connectivity index (χ0n) is 12.5. The maximum Gasteiger partial charge on any atom is 0.268 e. The minimum atomic E-state index is -0.495. The fourth-order valence-electron chi connectivity index (χ4n) is 3.15. The Hall–Kier alpha value is -1.22. The molecular formula is C14H22N4O3S. The molecule has 1 aromatic heterocycles. The van der Waals surface area contributed by atoms with Crippen LogP contribution < -0.4 is 10.6 Å². The van der Waals surface area contributed by atoms with Gasteiger partial charge in [-0.3, -0.25) is 9.69 Å². The van der Waals surface area contributed by atoms with Gasteiger partial charge in [0.2, 0.25) is 0 Å². The van der Waals surface area contributed by atoms with Gasteiger partial charge in [-0.15, -0.1) is 11.3 Å². The molecule has 7 nitrogen and oxygen atoms in total. The minimum Gasteiger partial charge on any atom is -0.396 e. The summed E-state index contributed by atoms with van der Waals surface area (Å²) in [7, 11) is 0. The van der Waals surface area contributed by atoms with Crippen LogP contribution in [0.4, 0.5) is 5.13 Å². The molecule has 2 fully saturated rings. The summed E-state index contributed by atoms with van der Waals surface area (Å²) < 4.78 is 5.38. The van der Waals surface area contributed by atoms with Crippen LogP contribution in [0.25, 0.3) is 0 Å². The van der Waals surface area contributed by atoms with Gasteiger partial charge in [0.15, 0.2) is 5.13 Å². The summed E-state index contributed by atoms with van der Waals surface area (Å²) >= 11 is 1.43. The SMILES string of the molecule is NC(=O)c1csc(N2CC(CO)C(CN3CCOCC3)C2)n1. The largest absolute Gasteiger partial charge is 0.396 e. The standard InChI is InChI=1S/C14H22N4O3S/c15-13(20)12-9-22-14(16-12)18-6-10(11(7-18)8-19)5-17-1-3-21-4-2-17/h9-11,19H,1-8H2,(H2,15,20). The Bertz CT molecular complexity index is 518. The van der Waals surface area contributed by atoms with E-state index in [0.29, 0.717) is 11.6 Å². The number of aliphatic hydroxyl groups excluding tert-OH is 1. The van der Waals surface area contributed by atoms with Crippen molar-refractivity contribution in [2.75, 3.05) is 57.4 Å². The molecule has 0 aliphatic carbocycles. The first-order valence-corrected chi connectivity index (χ1v) is 8.46. The lowest BCUT2D eigenvalue weighted by molar-refractivity contribution is 0.0268. The van der Waals surface area contributed by atoms with Crippen molar-refractivity contribution in [3.63, 3.8) is 0 Å². The molecule has 0 spiro atoms. The van der Waals surface area contributed by atoms with Gasteiger partial charge in [-0.2, -0.15) is 0 Å². The number of nitrogens with two attached hydrogens (primary N) is 1. The molecule has 2 unspecified atom stereocenters. The first-order valence-electron chi connectivity index (χ1n) is 7.58. The van der Waals surface area contributed by atoms with E-state index in [1.54, 1.807) is 5.38 Å². The Morgan fingerprint density at radius 3 is 2.77 bits per heavy atom. The highest BCUT2D eigenvalue weighted by atomic mass is 32.1. The Morgan fingerprint density at radius 1 is 1.41 bits per heavy atom. The number of hydrogen-bond acceptors (Lipinski definition) is 7. The van der Waals surface area contributed by atoms with E-state index in [-0.39, 0.29) is 12.5 Å². The zero-order chi connectivity index (χ0) is 15.5. The second kappa shape index (κ2) is 6.91. The van der Waals surface area contributed by atoms with Crippen LogP contribution in [0.2, 0.25) is 0 Å². The molecule has 22 heavy (non-hydrogen) atoms. The summed E-state index contributed by atoms with van der Waals surface area (Å²) in [4.78, 5) is 20.0. The van der Waals surface area contributed by atoms with Crippen molar-refractivity contribution < 1.29 is 14.6 Å². The smallest absolute Gasteiger partial charge is 0.268 e. The third-order valence-corrected chi connectivity index (χ3v) is 5.32. The predicted octanol–water partition coefficient (Wildman–Crippen LogP) is -0.381. The summed E-state index contributed by atoms with van der Waals surface area (Å²) in [6.07, 6.45) is 0. The summed E-state index contributed by atoms with van der Waals surface area (Å²) in [5.41, 5.74) is 5.58. The van der Waals surface area contributed by atoms with Crippen LogP contribution in [0.1, 0.15) is 10.5 Å². The average molecular weight is 326 g/mol. The average Bonchev–Trinajstić information content (AvgIpc) is 3.14. The number of ether oxygens (including phenoxy) is 1. The summed E-state index contributed by atoms with van der Waals surface area (Å²) in [5, 5.41) is 12.2. The Balaban J connectivity index is 1.64. The molecule has 1 amide bonds. The van der Waals surface area contributed by atoms with Gasteiger partial charge in [0, 0.05) is 50.6 Å². The lowest BCUT2D eigenvalue weighted by Crippen LogP contribution is -2.41. The Labute approximate surface area is 133 Å². The molecule has 1 aromatic rings. The van der Waals surface area contributed by atoms with E-state index < -0.39 is 5.91 Å². The quantitative estimate of drug-likeness (QED) is 0.766. The molecule has 0 saturated carbocycles. The molecule has 0 bridgehead atoms. The molecule has 0 aromatic carbocycles. The first kappa shape index (κ1) is 15.7. The van der Waals surface area contributed by atoms with Crippen LogP contribution in [0.3, 0.4) is 0 Å². The third kappa shape index (κ3) is 3.40. The number of morpholine rings is 1. The van der Waals surface area contributed by atoms with Gasteiger partial charge in [0.05, 0.1) is 13.2 Å². The van der Waals surface area contributed by atoms with Crippen molar-refractivity contribution in [1.82, 2.24) is 9.88 Å². The van der Waals surface area contributed by atoms with E-state index in [2.05, 4.69) is 14.8 Å². The number of aliphatic hydroxyl groups is 1. The number of carbonyl (C=O) groups excluding carboxylic acids is 1. The Kier molecular flexibility index (Phi) is 4.92. The maximum absolute atomic E-state index is 11.2. The molecule has 2 aliphatic rings. The highest BCUT2D eigenvalue weighted by Gasteiger charge is 2.35. The van der Waals surface area contributed by atoms with Crippen LogP contribution >= 0.6 is 11.3 Å². The molecule has 2 saturated heterocycles. The van der Waals surface area contributed by atoms with Crippen molar-refractivity contribution in [2.24, 2.45) is 17.6 Å². The molecule has 3 heterocycles. The van der Waals surface area contributed by atoms with Crippen molar-refractivity contribution in [3.05, 3.63) is 11.1 Å². The molecule has 3 rings (SSSR count). The summed E-state index contributed by atoms with van der Waals surface area (Å²) in [6.45, 7) is 6.27. The molecule has 2 atom stereocenters. The predicted molar refractivity (Wildman–Crippen MR) is 84.2 cm³/mol. The Morgan fingerprint density at radius 2 is 2.14 bits per heavy atom. The highest BCUT2D eigenvalue weighted by molar-refractivity contribution is 7.13. The molecule has 3 N–H and O–H groups in total. The van der Waals surface area contributed by atoms with Crippen LogP contribution in [0, 0.1) is 11.8 Å². The van der Waals surface area contributed by atoms with Crippen molar-refractivity contribution in [2.45, 2.75) is 0 Å². The highest BCUT2D eigenvalue weighted by Crippen LogP contribution is 2.31. The molecule has 0 radical (unpaired) electrons. The minimum absolute atomic E-state index is 0.180. The fourth-order valence-corrected chi connectivity index (χ4v) is 3.98. The monoisotopic (exact) mass is 326 g/mol. The van der Waals surface area contributed by atoms with Gasteiger partial charge in [0.25, 0.3) is 5.91 Å². The van der Waals surface area contributed by atoms with Crippen molar-refractivity contribution >= 4 is 22.4 Å². The van der Waals surface area contributed by atoms with Crippen molar-refractivity contribution in [1.29, 1.82) is 0 Å². The molecule has 8 heteroatoms.